The van der Waals surface area contributed by atoms with Gasteiger partial charge < -0.3 is 10.5 Å². The number of rotatable bonds is 5. The SMILES string of the molecule is COC1(C(N)c2cccc(CC(C)C)c2)CCCCCC1. The van der Waals surface area contributed by atoms with Gasteiger partial charge in [0.15, 0.2) is 0 Å². The predicted octanol–water partition coefficient (Wildman–Crippen LogP) is 4.62. The van der Waals surface area contributed by atoms with E-state index in [1.165, 1.54) is 36.8 Å². The van der Waals surface area contributed by atoms with Crippen LogP contribution in [-0.2, 0) is 11.2 Å². The molecular formula is C19H31NO. The van der Waals surface area contributed by atoms with Gasteiger partial charge in [0, 0.05) is 7.11 Å². The third-order valence-electron chi connectivity index (χ3n) is 4.88. The second-order valence-electron chi connectivity index (χ2n) is 7.00. The van der Waals surface area contributed by atoms with Gasteiger partial charge in [-0.2, -0.15) is 0 Å². The van der Waals surface area contributed by atoms with E-state index in [9.17, 15) is 0 Å². The van der Waals surface area contributed by atoms with Gasteiger partial charge in [-0.15, -0.1) is 0 Å². The van der Waals surface area contributed by atoms with Gasteiger partial charge in [-0.05, 0) is 36.3 Å². The monoisotopic (exact) mass is 289 g/mol. The zero-order chi connectivity index (χ0) is 15.3. The Morgan fingerprint density at radius 2 is 1.81 bits per heavy atom. The van der Waals surface area contributed by atoms with Crippen molar-refractivity contribution in [1.29, 1.82) is 0 Å². The Morgan fingerprint density at radius 1 is 1.14 bits per heavy atom. The summed E-state index contributed by atoms with van der Waals surface area (Å²) in [4.78, 5) is 0. The Balaban J connectivity index is 2.22. The molecule has 1 aromatic carbocycles. The van der Waals surface area contributed by atoms with Crippen LogP contribution in [-0.4, -0.2) is 12.7 Å². The van der Waals surface area contributed by atoms with E-state index in [4.69, 9.17) is 10.5 Å². The molecule has 2 heteroatoms. The number of hydrogen-bond donors (Lipinski definition) is 1. The van der Waals surface area contributed by atoms with Crippen LogP contribution in [0.1, 0.15) is 69.5 Å². The first-order chi connectivity index (χ1) is 10.1. The molecule has 0 bridgehead atoms. The van der Waals surface area contributed by atoms with E-state index in [1.807, 2.05) is 7.11 Å². The molecule has 0 heterocycles. The molecule has 1 aromatic rings. The van der Waals surface area contributed by atoms with Crippen LogP contribution in [0.25, 0.3) is 0 Å². The Bertz CT molecular complexity index is 433. The van der Waals surface area contributed by atoms with Crippen molar-refractivity contribution >= 4 is 0 Å². The predicted molar refractivity (Wildman–Crippen MR) is 89.4 cm³/mol. The molecule has 0 spiro atoms. The third-order valence-corrected chi connectivity index (χ3v) is 4.88. The van der Waals surface area contributed by atoms with E-state index < -0.39 is 0 Å². The van der Waals surface area contributed by atoms with E-state index in [0.717, 1.165) is 19.3 Å². The highest BCUT2D eigenvalue weighted by atomic mass is 16.5. The minimum absolute atomic E-state index is 0.0206. The van der Waals surface area contributed by atoms with Gasteiger partial charge in [-0.3, -0.25) is 0 Å². The Labute approximate surface area is 130 Å². The lowest BCUT2D eigenvalue weighted by molar-refractivity contribution is -0.0442. The fraction of sp³-hybridized carbons (Fsp3) is 0.684. The van der Waals surface area contributed by atoms with Gasteiger partial charge in [0.1, 0.15) is 0 Å². The number of methoxy groups -OCH3 is 1. The quantitative estimate of drug-likeness (QED) is 0.802. The maximum Gasteiger partial charge on any atom is 0.0870 e. The molecular weight excluding hydrogens is 258 g/mol. The molecule has 0 saturated heterocycles. The van der Waals surface area contributed by atoms with Gasteiger partial charge in [-0.25, -0.2) is 0 Å². The number of hydrogen-bond acceptors (Lipinski definition) is 2. The van der Waals surface area contributed by atoms with Gasteiger partial charge in [-0.1, -0.05) is 63.8 Å². The molecule has 1 aliphatic carbocycles. The van der Waals surface area contributed by atoms with Crippen LogP contribution in [0.5, 0.6) is 0 Å². The first-order valence-electron chi connectivity index (χ1n) is 8.47. The van der Waals surface area contributed by atoms with Crippen molar-refractivity contribution in [3.63, 3.8) is 0 Å². The van der Waals surface area contributed by atoms with Crippen LogP contribution in [0.2, 0.25) is 0 Å². The van der Waals surface area contributed by atoms with Crippen LogP contribution in [0, 0.1) is 5.92 Å². The normalized spacial score (nSPS) is 20.2. The van der Waals surface area contributed by atoms with Crippen LogP contribution < -0.4 is 5.73 Å². The first-order valence-corrected chi connectivity index (χ1v) is 8.47. The molecule has 1 fully saturated rings. The molecule has 1 saturated carbocycles. The third kappa shape index (κ3) is 4.08. The van der Waals surface area contributed by atoms with Crippen LogP contribution in [0.3, 0.4) is 0 Å². The summed E-state index contributed by atoms with van der Waals surface area (Å²) in [6.07, 6.45) is 8.36. The van der Waals surface area contributed by atoms with Crippen molar-refractivity contribution in [1.82, 2.24) is 0 Å². The second-order valence-corrected chi connectivity index (χ2v) is 7.00. The molecule has 1 atom stereocenters. The summed E-state index contributed by atoms with van der Waals surface area (Å²) >= 11 is 0. The fourth-order valence-electron chi connectivity index (χ4n) is 3.66. The van der Waals surface area contributed by atoms with Gasteiger partial charge in [0.25, 0.3) is 0 Å². The highest BCUT2D eigenvalue weighted by Gasteiger charge is 2.37. The molecule has 118 valence electrons. The van der Waals surface area contributed by atoms with Gasteiger partial charge >= 0.3 is 0 Å². The Morgan fingerprint density at radius 3 is 2.38 bits per heavy atom. The zero-order valence-corrected chi connectivity index (χ0v) is 13.9. The lowest BCUT2D eigenvalue weighted by atomic mass is 9.82. The van der Waals surface area contributed by atoms with E-state index in [2.05, 4.69) is 38.1 Å². The molecule has 0 aliphatic heterocycles. The summed E-state index contributed by atoms with van der Waals surface area (Å²) in [5.74, 6) is 0.672. The molecule has 1 aliphatic rings. The van der Waals surface area contributed by atoms with Crippen molar-refractivity contribution in [2.45, 2.75) is 70.4 Å². The fourth-order valence-corrected chi connectivity index (χ4v) is 3.66. The van der Waals surface area contributed by atoms with Gasteiger partial charge in [0.2, 0.25) is 0 Å². The molecule has 2 N–H and O–H groups in total. The van der Waals surface area contributed by atoms with Crippen LogP contribution in [0.4, 0.5) is 0 Å². The average Bonchev–Trinajstić information content (AvgIpc) is 2.72. The minimum atomic E-state index is -0.174. The summed E-state index contributed by atoms with van der Waals surface area (Å²) in [5, 5.41) is 0. The zero-order valence-electron chi connectivity index (χ0n) is 13.9. The van der Waals surface area contributed by atoms with Crippen molar-refractivity contribution < 1.29 is 4.74 Å². The summed E-state index contributed by atoms with van der Waals surface area (Å²) in [6.45, 7) is 4.52. The van der Waals surface area contributed by atoms with Gasteiger partial charge in [0.05, 0.1) is 11.6 Å². The lowest BCUT2D eigenvalue weighted by Crippen LogP contribution is -2.42. The van der Waals surface area contributed by atoms with E-state index >= 15 is 0 Å². The van der Waals surface area contributed by atoms with E-state index in [0.29, 0.717) is 5.92 Å². The number of ether oxygens (including phenoxy) is 1. The topological polar surface area (TPSA) is 35.2 Å². The van der Waals surface area contributed by atoms with Crippen molar-refractivity contribution in [2.75, 3.05) is 7.11 Å². The second kappa shape index (κ2) is 7.42. The standard InChI is InChI=1S/C19H31NO/c1-15(2)13-16-9-8-10-17(14-16)18(20)19(21-3)11-6-4-5-7-12-19/h8-10,14-15,18H,4-7,11-13,20H2,1-3H3. The first kappa shape index (κ1) is 16.5. The highest BCUT2D eigenvalue weighted by Crippen LogP contribution is 2.39. The molecule has 0 radical (unpaired) electrons. The van der Waals surface area contributed by atoms with Crippen molar-refractivity contribution in [3.05, 3.63) is 35.4 Å². The molecule has 0 amide bonds. The number of nitrogens with two attached hydrogens (primary N) is 1. The summed E-state index contributed by atoms with van der Waals surface area (Å²) in [7, 11) is 1.84. The summed E-state index contributed by atoms with van der Waals surface area (Å²) in [6, 6.07) is 8.79. The lowest BCUT2D eigenvalue weighted by Gasteiger charge is -2.37. The molecule has 1 unspecified atom stereocenters. The minimum Gasteiger partial charge on any atom is -0.376 e. The van der Waals surface area contributed by atoms with E-state index in [-0.39, 0.29) is 11.6 Å². The number of benzene rings is 1. The largest absolute Gasteiger partial charge is 0.376 e. The molecule has 2 rings (SSSR count). The molecule has 21 heavy (non-hydrogen) atoms. The Kier molecular flexibility index (Phi) is 5.83. The average molecular weight is 289 g/mol. The smallest absolute Gasteiger partial charge is 0.0870 e. The molecule has 0 aromatic heterocycles. The Hall–Kier alpha value is -0.860. The highest BCUT2D eigenvalue weighted by molar-refractivity contribution is 5.28. The summed E-state index contributed by atoms with van der Waals surface area (Å²) in [5.41, 5.74) is 9.11. The van der Waals surface area contributed by atoms with E-state index in [1.54, 1.807) is 0 Å². The summed E-state index contributed by atoms with van der Waals surface area (Å²) < 4.78 is 5.97. The van der Waals surface area contributed by atoms with Crippen LogP contribution >= 0.6 is 0 Å². The van der Waals surface area contributed by atoms with Crippen LogP contribution in [0.15, 0.2) is 24.3 Å². The van der Waals surface area contributed by atoms with Crippen molar-refractivity contribution in [3.8, 4) is 0 Å². The van der Waals surface area contributed by atoms with Crippen molar-refractivity contribution in [2.24, 2.45) is 11.7 Å². The molecule has 2 nitrogen and oxygen atoms in total. The maximum atomic E-state index is 6.66. The maximum absolute atomic E-state index is 6.66.